The molecular formula is C30H31ClN6O. The number of fused-ring (bicyclic) bond motifs is 3. The lowest BCUT2D eigenvalue weighted by Crippen LogP contribution is -2.36. The van der Waals surface area contributed by atoms with Gasteiger partial charge in [0.25, 0.3) is 0 Å². The van der Waals surface area contributed by atoms with Crippen LogP contribution in [0.2, 0.25) is 5.02 Å². The fourth-order valence-electron chi connectivity index (χ4n) is 5.45. The van der Waals surface area contributed by atoms with Crippen molar-refractivity contribution < 1.29 is 4.79 Å². The van der Waals surface area contributed by atoms with Crippen LogP contribution in [0.3, 0.4) is 0 Å². The summed E-state index contributed by atoms with van der Waals surface area (Å²) < 4.78 is 2.14. The van der Waals surface area contributed by atoms with Gasteiger partial charge in [0, 0.05) is 42.3 Å². The van der Waals surface area contributed by atoms with Crippen LogP contribution in [0, 0.1) is 0 Å². The van der Waals surface area contributed by atoms with Crippen molar-refractivity contribution in [1.29, 1.82) is 0 Å². The second-order valence-electron chi connectivity index (χ2n) is 10.0. The van der Waals surface area contributed by atoms with E-state index in [2.05, 4.69) is 60.2 Å². The van der Waals surface area contributed by atoms with Gasteiger partial charge in [-0.25, -0.2) is 0 Å². The SMILES string of the molecule is O=C(CN1CCCN(Cc2ccccc2Cl)CC1)Nc1ccc2c(c1)CCc1nnc(-c3ccccc3)n1-2. The standard InChI is InChI=1S/C30H31ClN6O/c31-26-10-5-4-9-24(26)20-35-15-6-16-36(18-17-35)21-29(38)32-25-12-13-27-23(19-25)11-14-28-33-34-30(37(27)28)22-7-2-1-3-8-22/h1-5,7-10,12-13,19H,6,11,14-18,20-21H2,(H,32,38). The molecule has 1 aromatic heterocycles. The number of aryl methyl sites for hydroxylation is 2. The maximum atomic E-state index is 13.0. The summed E-state index contributed by atoms with van der Waals surface area (Å²) in [6.45, 7) is 4.93. The van der Waals surface area contributed by atoms with Crippen molar-refractivity contribution in [3.05, 3.63) is 94.8 Å². The molecule has 1 fully saturated rings. The molecule has 4 aromatic rings. The highest BCUT2D eigenvalue weighted by Crippen LogP contribution is 2.31. The number of amides is 1. The molecular weight excluding hydrogens is 496 g/mol. The molecule has 0 radical (unpaired) electrons. The number of hydrogen-bond acceptors (Lipinski definition) is 5. The van der Waals surface area contributed by atoms with Crippen LogP contribution in [-0.4, -0.2) is 63.2 Å². The third-order valence-electron chi connectivity index (χ3n) is 7.38. The summed E-state index contributed by atoms with van der Waals surface area (Å²) in [5, 5.41) is 12.9. The van der Waals surface area contributed by atoms with Crippen molar-refractivity contribution in [3.8, 4) is 17.1 Å². The Labute approximate surface area is 228 Å². The van der Waals surface area contributed by atoms with Crippen molar-refractivity contribution in [1.82, 2.24) is 24.6 Å². The van der Waals surface area contributed by atoms with Crippen LogP contribution in [0.1, 0.15) is 23.4 Å². The zero-order valence-electron chi connectivity index (χ0n) is 21.3. The Bertz CT molecular complexity index is 1440. The molecule has 0 atom stereocenters. The monoisotopic (exact) mass is 526 g/mol. The highest BCUT2D eigenvalue weighted by Gasteiger charge is 2.23. The van der Waals surface area contributed by atoms with E-state index in [-0.39, 0.29) is 5.91 Å². The molecule has 0 spiro atoms. The quantitative estimate of drug-likeness (QED) is 0.390. The first-order valence-corrected chi connectivity index (χ1v) is 13.6. The molecule has 8 heteroatoms. The highest BCUT2D eigenvalue weighted by molar-refractivity contribution is 6.31. The van der Waals surface area contributed by atoms with Crippen LogP contribution in [0.25, 0.3) is 17.1 Å². The number of anilines is 1. The first-order chi connectivity index (χ1) is 18.6. The first kappa shape index (κ1) is 24.8. The predicted octanol–water partition coefficient (Wildman–Crippen LogP) is 4.83. The van der Waals surface area contributed by atoms with Crippen molar-refractivity contribution in [2.75, 3.05) is 38.0 Å². The summed E-state index contributed by atoms with van der Waals surface area (Å²) in [7, 11) is 0. The molecule has 0 bridgehead atoms. The molecule has 6 rings (SSSR count). The average molecular weight is 527 g/mol. The first-order valence-electron chi connectivity index (χ1n) is 13.2. The molecule has 1 amide bonds. The van der Waals surface area contributed by atoms with Crippen LogP contribution in [0.15, 0.2) is 72.8 Å². The summed E-state index contributed by atoms with van der Waals surface area (Å²) in [6.07, 6.45) is 2.73. The zero-order valence-corrected chi connectivity index (χ0v) is 22.1. The number of carbonyl (C=O) groups is 1. The number of hydrogen-bond donors (Lipinski definition) is 1. The average Bonchev–Trinajstić information content (AvgIpc) is 3.26. The van der Waals surface area contributed by atoms with Crippen LogP contribution in [0.4, 0.5) is 5.69 Å². The van der Waals surface area contributed by atoms with Crippen molar-refractivity contribution >= 4 is 23.2 Å². The number of halogens is 1. The van der Waals surface area contributed by atoms with E-state index in [0.29, 0.717) is 6.54 Å². The second kappa shape index (κ2) is 11.1. The van der Waals surface area contributed by atoms with Gasteiger partial charge >= 0.3 is 0 Å². The molecule has 3 heterocycles. The maximum absolute atomic E-state index is 13.0. The van der Waals surface area contributed by atoms with Crippen LogP contribution >= 0.6 is 11.6 Å². The smallest absolute Gasteiger partial charge is 0.238 e. The van der Waals surface area contributed by atoms with E-state index in [4.69, 9.17) is 11.6 Å². The maximum Gasteiger partial charge on any atom is 0.238 e. The van der Waals surface area contributed by atoms with Crippen LogP contribution < -0.4 is 5.32 Å². The fraction of sp³-hybridized carbons (Fsp3) is 0.300. The van der Waals surface area contributed by atoms with Crippen molar-refractivity contribution in [3.63, 3.8) is 0 Å². The molecule has 0 saturated carbocycles. The van der Waals surface area contributed by atoms with Gasteiger partial charge in [0.05, 0.1) is 12.2 Å². The highest BCUT2D eigenvalue weighted by atomic mass is 35.5. The summed E-state index contributed by atoms with van der Waals surface area (Å²) in [4.78, 5) is 17.6. The predicted molar refractivity (Wildman–Crippen MR) is 151 cm³/mol. The lowest BCUT2D eigenvalue weighted by molar-refractivity contribution is -0.117. The van der Waals surface area contributed by atoms with Gasteiger partial charge in [-0.15, -0.1) is 10.2 Å². The molecule has 2 aliphatic rings. The molecule has 38 heavy (non-hydrogen) atoms. The Morgan fingerprint density at radius 3 is 2.53 bits per heavy atom. The topological polar surface area (TPSA) is 66.3 Å². The normalized spacial score (nSPS) is 15.9. The Morgan fingerprint density at radius 2 is 1.66 bits per heavy atom. The number of nitrogens with one attached hydrogen (secondary N) is 1. The van der Waals surface area contributed by atoms with E-state index in [1.54, 1.807) is 0 Å². The molecule has 7 nitrogen and oxygen atoms in total. The Morgan fingerprint density at radius 1 is 0.868 bits per heavy atom. The minimum Gasteiger partial charge on any atom is -0.325 e. The summed E-state index contributed by atoms with van der Waals surface area (Å²) in [5.41, 5.74) is 5.31. The van der Waals surface area contributed by atoms with E-state index < -0.39 is 0 Å². The van der Waals surface area contributed by atoms with Crippen molar-refractivity contribution in [2.45, 2.75) is 25.8 Å². The van der Waals surface area contributed by atoms with E-state index in [1.807, 2.05) is 42.5 Å². The van der Waals surface area contributed by atoms with Gasteiger partial charge in [-0.2, -0.15) is 0 Å². The molecule has 1 N–H and O–H groups in total. The lowest BCUT2D eigenvalue weighted by atomic mass is 10.0. The molecule has 0 aliphatic carbocycles. The van der Waals surface area contributed by atoms with Gasteiger partial charge in [0.1, 0.15) is 5.82 Å². The summed E-state index contributed by atoms with van der Waals surface area (Å²) in [6, 6.07) is 24.3. The van der Waals surface area contributed by atoms with E-state index >= 15 is 0 Å². The van der Waals surface area contributed by atoms with Gasteiger partial charge in [0.15, 0.2) is 5.82 Å². The Balaban J connectivity index is 1.09. The summed E-state index contributed by atoms with van der Waals surface area (Å²) >= 11 is 6.36. The summed E-state index contributed by atoms with van der Waals surface area (Å²) in [5.74, 6) is 1.84. The number of carbonyl (C=O) groups excluding carboxylic acids is 1. The number of nitrogens with zero attached hydrogens (tertiary/aromatic N) is 5. The fourth-order valence-corrected chi connectivity index (χ4v) is 5.64. The van der Waals surface area contributed by atoms with Crippen LogP contribution in [-0.2, 0) is 24.2 Å². The molecule has 2 aliphatic heterocycles. The third-order valence-corrected chi connectivity index (χ3v) is 7.75. The number of aromatic nitrogens is 3. The lowest BCUT2D eigenvalue weighted by Gasteiger charge is -2.22. The third kappa shape index (κ3) is 5.36. The molecule has 0 unspecified atom stereocenters. The van der Waals surface area contributed by atoms with Gasteiger partial charge < -0.3 is 5.32 Å². The van der Waals surface area contributed by atoms with E-state index in [9.17, 15) is 4.79 Å². The minimum atomic E-state index is 0.0234. The molecule has 1 saturated heterocycles. The Kier molecular flexibility index (Phi) is 7.22. The van der Waals surface area contributed by atoms with Gasteiger partial charge in [-0.05, 0) is 61.3 Å². The zero-order chi connectivity index (χ0) is 25.9. The van der Waals surface area contributed by atoms with Crippen LogP contribution in [0.5, 0.6) is 0 Å². The molecule has 3 aromatic carbocycles. The van der Waals surface area contributed by atoms with Gasteiger partial charge in [-0.3, -0.25) is 19.2 Å². The number of benzene rings is 3. The van der Waals surface area contributed by atoms with Crippen molar-refractivity contribution in [2.24, 2.45) is 0 Å². The molecule has 194 valence electrons. The van der Waals surface area contributed by atoms with E-state index in [0.717, 1.165) is 91.2 Å². The number of rotatable bonds is 6. The second-order valence-corrected chi connectivity index (χ2v) is 10.4. The van der Waals surface area contributed by atoms with E-state index in [1.165, 1.54) is 5.56 Å². The Hall–Kier alpha value is -3.52. The van der Waals surface area contributed by atoms with Gasteiger partial charge in [-0.1, -0.05) is 60.1 Å². The largest absolute Gasteiger partial charge is 0.325 e. The van der Waals surface area contributed by atoms with Gasteiger partial charge in [0.2, 0.25) is 5.91 Å². The minimum absolute atomic E-state index is 0.0234.